The van der Waals surface area contributed by atoms with Crippen molar-refractivity contribution in [3.8, 4) is 17.2 Å². The first-order valence-corrected chi connectivity index (χ1v) is 10.7. The van der Waals surface area contributed by atoms with Crippen LogP contribution in [0.15, 0.2) is 60.7 Å². The molecule has 0 spiro atoms. The molecular formula is C28H28N2O3. The number of carbonyl (C=O) groups is 1. The highest BCUT2D eigenvalue weighted by molar-refractivity contribution is 5.81. The van der Waals surface area contributed by atoms with Gasteiger partial charge in [-0.25, -0.2) is 0 Å². The Morgan fingerprint density at radius 2 is 1.73 bits per heavy atom. The maximum atomic E-state index is 11.4. The summed E-state index contributed by atoms with van der Waals surface area (Å²) in [6, 6.07) is 22.1. The molecule has 0 amide bonds. The first-order valence-electron chi connectivity index (χ1n) is 10.7. The van der Waals surface area contributed by atoms with Crippen molar-refractivity contribution in [2.75, 3.05) is 6.61 Å². The quantitative estimate of drug-likeness (QED) is 0.432. The van der Waals surface area contributed by atoms with Crippen molar-refractivity contribution in [1.29, 1.82) is 5.26 Å². The molecule has 0 aliphatic rings. The highest BCUT2D eigenvalue weighted by atomic mass is 16.4. The van der Waals surface area contributed by atoms with E-state index in [1.54, 1.807) is 0 Å². The van der Waals surface area contributed by atoms with Gasteiger partial charge in [0, 0.05) is 12.1 Å². The van der Waals surface area contributed by atoms with E-state index in [1.807, 2.05) is 86.7 Å². The number of nitrogens with one attached hydrogen (secondary N) is 1. The predicted octanol–water partition coefficient (Wildman–Crippen LogP) is 4.94. The summed E-state index contributed by atoms with van der Waals surface area (Å²) in [6.45, 7) is 5.27. The van der Waals surface area contributed by atoms with Crippen molar-refractivity contribution in [1.82, 2.24) is 5.32 Å². The molecule has 0 aliphatic heterocycles. The second-order valence-electron chi connectivity index (χ2n) is 8.37. The van der Waals surface area contributed by atoms with Gasteiger partial charge in [0.15, 0.2) is 0 Å². The topological polar surface area (TPSA) is 93.3 Å². The van der Waals surface area contributed by atoms with E-state index >= 15 is 0 Å². The summed E-state index contributed by atoms with van der Waals surface area (Å²) in [5.41, 5.74) is 6.03. The average molecular weight is 441 g/mol. The van der Waals surface area contributed by atoms with Crippen LogP contribution in [0.4, 0.5) is 0 Å². The lowest BCUT2D eigenvalue weighted by molar-refractivity contribution is -0.145. The van der Waals surface area contributed by atoms with Crippen LogP contribution in [-0.4, -0.2) is 28.3 Å². The molecule has 168 valence electrons. The Labute approximate surface area is 194 Å². The average Bonchev–Trinajstić information content (AvgIpc) is 2.83. The van der Waals surface area contributed by atoms with Gasteiger partial charge in [0.05, 0.1) is 12.2 Å². The van der Waals surface area contributed by atoms with E-state index in [1.165, 1.54) is 6.92 Å². The SMILES string of the molecule is Cc1cc(CNC(C)(CO)C(=O)O)c(C)cc1/C=C/c1cccc(-c2ccccc2)c1C#N. The molecule has 0 aromatic heterocycles. The van der Waals surface area contributed by atoms with Gasteiger partial charge in [-0.05, 0) is 54.2 Å². The minimum absolute atomic E-state index is 0.331. The van der Waals surface area contributed by atoms with E-state index in [4.69, 9.17) is 0 Å². The van der Waals surface area contributed by atoms with Crippen LogP contribution in [0.3, 0.4) is 0 Å². The normalized spacial score (nSPS) is 12.9. The molecule has 0 saturated carbocycles. The molecule has 0 fully saturated rings. The molecule has 5 nitrogen and oxygen atoms in total. The van der Waals surface area contributed by atoms with Gasteiger partial charge >= 0.3 is 5.97 Å². The van der Waals surface area contributed by atoms with Gasteiger partial charge in [0.1, 0.15) is 11.6 Å². The van der Waals surface area contributed by atoms with Gasteiger partial charge in [-0.2, -0.15) is 5.26 Å². The maximum Gasteiger partial charge on any atom is 0.326 e. The highest BCUT2D eigenvalue weighted by Crippen LogP contribution is 2.27. The summed E-state index contributed by atoms with van der Waals surface area (Å²) in [5, 5.41) is 31.5. The Hall–Kier alpha value is -3.72. The lowest BCUT2D eigenvalue weighted by Crippen LogP contribution is -2.52. The van der Waals surface area contributed by atoms with Crippen LogP contribution >= 0.6 is 0 Å². The summed E-state index contributed by atoms with van der Waals surface area (Å²) in [4.78, 5) is 11.4. The van der Waals surface area contributed by atoms with E-state index in [9.17, 15) is 20.3 Å². The summed E-state index contributed by atoms with van der Waals surface area (Å²) >= 11 is 0. The van der Waals surface area contributed by atoms with Crippen LogP contribution in [0.2, 0.25) is 0 Å². The van der Waals surface area contributed by atoms with E-state index < -0.39 is 18.1 Å². The number of aryl methyl sites for hydroxylation is 2. The van der Waals surface area contributed by atoms with Gasteiger partial charge in [0.25, 0.3) is 0 Å². The number of carboxylic acid groups (broad SMARTS) is 1. The van der Waals surface area contributed by atoms with Crippen LogP contribution in [0, 0.1) is 25.2 Å². The van der Waals surface area contributed by atoms with E-state index in [2.05, 4.69) is 11.4 Å². The van der Waals surface area contributed by atoms with Crippen LogP contribution in [0.1, 0.15) is 40.3 Å². The molecule has 3 aromatic carbocycles. The molecule has 1 unspecified atom stereocenters. The van der Waals surface area contributed by atoms with Crippen molar-refractivity contribution in [2.24, 2.45) is 0 Å². The van der Waals surface area contributed by atoms with Gasteiger partial charge in [-0.15, -0.1) is 0 Å². The number of rotatable bonds is 8. The minimum Gasteiger partial charge on any atom is -0.480 e. The minimum atomic E-state index is -1.39. The number of hydrogen-bond acceptors (Lipinski definition) is 4. The van der Waals surface area contributed by atoms with E-state index in [0.29, 0.717) is 12.1 Å². The molecule has 0 bridgehead atoms. The van der Waals surface area contributed by atoms with Gasteiger partial charge in [0.2, 0.25) is 0 Å². The molecule has 0 saturated heterocycles. The van der Waals surface area contributed by atoms with Crippen molar-refractivity contribution < 1.29 is 15.0 Å². The summed E-state index contributed by atoms with van der Waals surface area (Å²) < 4.78 is 0. The third-order valence-corrected chi connectivity index (χ3v) is 5.92. The Balaban J connectivity index is 1.88. The summed E-state index contributed by atoms with van der Waals surface area (Å²) in [6.07, 6.45) is 3.96. The summed E-state index contributed by atoms with van der Waals surface area (Å²) in [7, 11) is 0. The number of aliphatic hydroxyl groups excluding tert-OH is 1. The van der Waals surface area contributed by atoms with Gasteiger partial charge < -0.3 is 10.2 Å². The zero-order chi connectivity index (χ0) is 24.0. The fraction of sp³-hybridized carbons (Fsp3) is 0.214. The second-order valence-corrected chi connectivity index (χ2v) is 8.37. The molecule has 1 atom stereocenters. The molecule has 0 heterocycles. The number of aliphatic hydroxyl groups is 1. The lowest BCUT2D eigenvalue weighted by atomic mass is 9.94. The van der Waals surface area contributed by atoms with E-state index in [-0.39, 0.29) is 0 Å². The van der Waals surface area contributed by atoms with Crippen molar-refractivity contribution in [3.63, 3.8) is 0 Å². The monoisotopic (exact) mass is 440 g/mol. The molecule has 3 rings (SSSR count). The van der Waals surface area contributed by atoms with Crippen LogP contribution in [-0.2, 0) is 11.3 Å². The molecule has 3 N–H and O–H groups in total. The largest absolute Gasteiger partial charge is 0.480 e. The Bertz CT molecular complexity index is 1230. The number of benzene rings is 3. The van der Waals surface area contributed by atoms with Gasteiger partial charge in [-0.3, -0.25) is 10.1 Å². The zero-order valence-electron chi connectivity index (χ0n) is 19.1. The Morgan fingerprint density at radius 1 is 1.03 bits per heavy atom. The number of hydrogen-bond donors (Lipinski definition) is 3. The van der Waals surface area contributed by atoms with Crippen LogP contribution < -0.4 is 5.32 Å². The number of nitrogens with zero attached hydrogens (tertiary/aromatic N) is 1. The number of carboxylic acids is 1. The van der Waals surface area contributed by atoms with Crippen LogP contribution in [0.25, 0.3) is 23.3 Å². The van der Waals surface area contributed by atoms with Crippen molar-refractivity contribution >= 4 is 18.1 Å². The Morgan fingerprint density at radius 3 is 2.36 bits per heavy atom. The number of aliphatic carboxylic acids is 1. The highest BCUT2D eigenvalue weighted by Gasteiger charge is 2.31. The Kier molecular flexibility index (Phi) is 7.44. The second kappa shape index (κ2) is 10.3. The predicted molar refractivity (Wildman–Crippen MR) is 131 cm³/mol. The number of nitriles is 1. The molecule has 5 heteroatoms. The molecule has 0 aliphatic carbocycles. The third-order valence-electron chi connectivity index (χ3n) is 5.92. The fourth-order valence-corrected chi connectivity index (χ4v) is 3.63. The summed E-state index contributed by atoms with van der Waals surface area (Å²) in [5.74, 6) is -1.09. The third kappa shape index (κ3) is 5.38. The van der Waals surface area contributed by atoms with E-state index in [0.717, 1.165) is 38.9 Å². The standard InChI is InChI=1S/C28H28N2O3/c1-19-15-24(17-30-28(3,18-31)27(32)33)20(2)14-23(19)13-12-22-10-7-11-25(26(22)16-29)21-8-5-4-6-9-21/h4-15,30-31H,17-18H2,1-3H3,(H,32,33)/b13-12+. The maximum absolute atomic E-state index is 11.4. The molecule has 0 radical (unpaired) electrons. The van der Waals surface area contributed by atoms with Crippen molar-refractivity contribution in [2.45, 2.75) is 32.9 Å². The zero-order valence-corrected chi connectivity index (χ0v) is 19.1. The van der Waals surface area contributed by atoms with Crippen LogP contribution in [0.5, 0.6) is 0 Å². The smallest absolute Gasteiger partial charge is 0.326 e. The molecular weight excluding hydrogens is 412 g/mol. The first-order chi connectivity index (χ1) is 15.8. The molecule has 33 heavy (non-hydrogen) atoms. The van der Waals surface area contributed by atoms with Gasteiger partial charge in [-0.1, -0.05) is 72.8 Å². The molecule has 3 aromatic rings. The first kappa shape index (κ1) is 23.9. The van der Waals surface area contributed by atoms with Crippen molar-refractivity contribution in [3.05, 3.63) is 94.0 Å². The fourth-order valence-electron chi connectivity index (χ4n) is 3.63. The lowest BCUT2D eigenvalue weighted by Gasteiger charge is -2.24.